The summed E-state index contributed by atoms with van der Waals surface area (Å²) < 4.78 is 32.3. The van der Waals surface area contributed by atoms with Gasteiger partial charge in [-0.15, -0.1) is 0 Å². The molecule has 0 saturated carbocycles. The van der Waals surface area contributed by atoms with E-state index in [1.54, 1.807) is 25.3 Å². The minimum absolute atomic E-state index is 0.230. The minimum Gasteiger partial charge on any atom is -0.383 e. The third kappa shape index (κ3) is 3.47. The number of rotatable bonds is 5. The van der Waals surface area contributed by atoms with Crippen LogP contribution in [0.25, 0.3) is 22.0 Å². The number of fused-ring (bicyclic) bond motifs is 1. The predicted molar refractivity (Wildman–Crippen MR) is 92.5 cm³/mol. The van der Waals surface area contributed by atoms with E-state index >= 15 is 0 Å². The third-order valence-electron chi connectivity index (χ3n) is 3.60. The monoisotopic (exact) mass is 348 g/mol. The number of benzene rings is 2. The minimum atomic E-state index is -0.660. The molecule has 0 unspecified atom stereocenters. The van der Waals surface area contributed by atoms with Gasteiger partial charge in [-0.2, -0.15) is 0 Å². The fourth-order valence-corrected chi connectivity index (χ4v) is 2.65. The Bertz CT molecular complexity index is 886. The van der Waals surface area contributed by atoms with E-state index in [1.807, 2.05) is 6.07 Å². The van der Waals surface area contributed by atoms with E-state index in [9.17, 15) is 8.78 Å². The highest BCUT2D eigenvalue weighted by Gasteiger charge is 2.12. The Morgan fingerprint density at radius 2 is 1.96 bits per heavy atom. The summed E-state index contributed by atoms with van der Waals surface area (Å²) in [4.78, 5) is 4.49. The van der Waals surface area contributed by atoms with Gasteiger partial charge in [-0.05, 0) is 41.8 Å². The predicted octanol–water partition coefficient (Wildman–Crippen LogP) is 4.89. The van der Waals surface area contributed by atoms with Crippen LogP contribution in [0.2, 0.25) is 5.02 Å². The van der Waals surface area contributed by atoms with Gasteiger partial charge in [0.2, 0.25) is 0 Å². The fourth-order valence-electron chi connectivity index (χ4n) is 2.47. The largest absolute Gasteiger partial charge is 0.383 e. The number of hydrogen-bond donors (Lipinski definition) is 1. The lowest BCUT2D eigenvalue weighted by Crippen LogP contribution is -2.09. The van der Waals surface area contributed by atoms with Crippen LogP contribution >= 0.6 is 11.6 Å². The summed E-state index contributed by atoms with van der Waals surface area (Å²) in [5, 5.41) is 5.42. The van der Waals surface area contributed by atoms with Crippen molar-refractivity contribution in [2.75, 3.05) is 25.6 Å². The molecule has 0 atom stereocenters. The Hall–Kier alpha value is -2.24. The molecule has 0 amide bonds. The van der Waals surface area contributed by atoms with Gasteiger partial charge in [0.15, 0.2) is 0 Å². The molecule has 0 aliphatic rings. The molecule has 0 saturated heterocycles. The Kier molecular flexibility index (Phi) is 4.92. The van der Waals surface area contributed by atoms with Crippen molar-refractivity contribution in [3.05, 3.63) is 59.1 Å². The second-order valence-electron chi connectivity index (χ2n) is 5.27. The first-order valence-electron chi connectivity index (χ1n) is 7.37. The van der Waals surface area contributed by atoms with Crippen molar-refractivity contribution in [2.45, 2.75) is 0 Å². The third-order valence-corrected chi connectivity index (χ3v) is 3.83. The molecule has 3 rings (SSSR count). The fraction of sp³-hybridized carbons (Fsp3) is 0.167. The zero-order valence-corrected chi connectivity index (χ0v) is 13.7. The summed E-state index contributed by atoms with van der Waals surface area (Å²) in [6.45, 7) is 1.06. The first kappa shape index (κ1) is 16.6. The van der Waals surface area contributed by atoms with Gasteiger partial charge in [0.25, 0.3) is 0 Å². The van der Waals surface area contributed by atoms with Crippen LogP contribution < -0.4 is 5.32 Å². The van der Waals surface area contributed by atoms with Crippen molar-refractivity contribution >= 4 is 28.2 Å². The molecule has 0 bridgehead atoms. The zero-order chi connectivity index (χ0) is 17.1. The topological polar surface area (TPSA) is 34.1 Å². The van der Waals surface area contributed by atoms with Gasteiger partial charge in [0, 0.05) is 35.7 Å². The van der Waals surface area contributed by atoms with Crippen molar-refractivity contribution in [3.63, 3.8) is 0 Å². The first-order valence-corrected chi connectivity index (χ1v) is 7.75. The molecule has 1 N–H and O–H groups in total. The SMILES string of the molecule is COCCNc1nc(-c2ccc(F)cc2F)cc2cc(Cl)ccc12. The van der Waals surface area contributed by atoms with E-state index in [2.05, 4.69) is 10.3 Å². The molecule has 0 spiro atoms. The Morgan fingerprint density at radius 3 is 2.71 bits per heavy atom. The van der Waals surface area contributed by atoms with Crippen LogP contribution in [0.5, 0.6) is 0 Å². The van der Waals surface area contributed by atoms with Crippen LogP contribution in [0, 0.1) is 11.6 Å². The lowest BCUT2D eigenvalue weighted by atomic mass is 10.1. The molecule has 3 aromatic rings. The van der Waals surface area contributed by atoms with Crippen LogP contribution in [0.15, 0.2) is 42.5 Å². The van der Waals surface area contributed by atoms with Crippen LogP contribution in [-0.2, 0) is 4.74 Å². The number of halogens is 3. The number of methoxy groups -OCH3 is 1. The molecule has 0 fully saturated rings. The van der Waals surface area contributed by atoms with E-state index in [0.29, 0.717) is 29.7 Å². The number of ether oxygens (including phenoxy) is 1. The summed E-state index contributed by atoms with van der Waals surface area (Å²) in [6, 6.07) is 10.6. The van der Waals surface area contributed by atoms with Crippen molar-refractivity contribution in [1.29, 1.82) is 0 Å². The van der Waals surface area contributed by atoms with Gasteiger partial charge in [-0.1, -0.05) is 11.6 Å². The van der Waals surface area contributed by atoms with Crippen LogP contribution in [-0.4, -0.2) is 25.2 Å². The Balaban J connectivity index is 2.13. The smallest absolute Gasteiger partial charge is 0.135 e. The lowest BCUT2D eigenvalue weighted by molar-refractivity contribution is 0.210. The molecule has 0 aliphatic carbocycles. The van der Waals surface area contributed by atoms with E-state index in [0.717, 1.165) is 16.8 Å². The highest BCUT2D eigenvalue weighted by atomic mass is 35.5. The van der Waals surface area contributed by atoms with E-state index < -0.39 is 11.6 Å². The molecule has 1 heterocycles. The summed E-state index contributed by atoms with van der Waals surface area (Å²) in [6.07, 6.45) is 0. The average molecular weight is 349 g/mol. The normalized spacial score (nSPS) is 11.0. The second-order valence-corrected chi connectivity index (χ2v) is 5.70. The lowest BCUT2D eigenvalue weighted by Gasteiger charge is -2.12. The molecule has 0 radical (unpaired) electrons. The summed E-state index contributed by atoms with van der Waals surface area (Å²) >= 11 is 6.06. The van der Waals surface area contributed by atoms with Gasteiger partial charge in [-0.25, -0.2) is 13.8 Å². The highest BCUT2D eigenvalue weighted by Crippen LogP contribution is 2.31. The summed E-state index contributed by atoms with van der Waals surface area (Å²) in [5.41, 5.74) is 0.634. The molecule has 2 aromatic carbocycles. The standard InChI is InChI=1S/C18H15ClF2N2O/c1-24-7-6-22-18-14-4-2-12(19)8-11(14)9-17(23-18)15-5-3-13(20)10-16(15)21/h2-5,8-10H,6-7H2,1H3,(H,22,23). The highest BCUT2D eigenvalue weighted by molar-refractivity contribution is 6.31. The van der Waals surface area contributed by atoms with Gasteiger partial charge in [-0.3, -0.25) is 0 Å². The average Bonchev–Trinajstić information content (AvgIpc) is 2.54. The molecule has 6 heteroatoms. The summed E-state index contributed by atoms with van der Waals surface area (Å²) in [5.74, 6) is -0.690. The van der Waals surface area contributed by atoms with Crippen molar-refractivity contribution in [1.82, 2.24) is 4.98 Å². The van der Waals surface area contributed by atoms with Crippen LogP contribution in [0.4, 0.5) is 14.6 Å². The zero-order valence-electron chi connectivity index (χ0n) is 12.9. The van der Waals surface area contributed by atoms with Crippen molar-refractivity contribution < 1.29 is 13.5 Å². The maximum atomic E-state index is 14.1. The van der Waals surface area contributed by atoms with Crippen molar-refractivity contribution in [2.24, 2.45) is 0 Å². The number of hydrogen-bond acceptors (Lipinski definition) is 3. The molecule has 24 heavy (non-hydrogen) atoms. The number of aromatic nitrogens is 1. The van der Waals surface area contributed by atoms with Crippen molar-refractivity contribution in [3.8, 4) is 11.3 Å². The van der Waals surface area contributed by atoms with Gasteiger partial charge < -0.3 is 10.1 Å². The first-order chi connectivity index (χ1) is 11.6. The van der Waals surface area contributed by atoms with Gasteiger partial charge in [0.05, 0.1) is 12.3 Å². The maximum absolute atomic E-state index is 14.1. The molecule has 3 nitrogen and oxygen atoms in total. The van der Waals surface area contributed by atoms with Crippen LogP contribution in [0.1, 0.15) is 0 Å². The van der Waals surface area contributed by atoms with E-state index in [-0.39, 0.29) is 5.56 Å². The maximum Gasteiger partial charge on any atom is 0.135 e. The van der Waals surface area contributed by atoms with Crippen LogP contribution in [0.3, 0.4) is 0 Å². The number of anilines is 1. The number of nitrogens with zero attached hydrogens (tertiary/aromatic N) is 1. The van der Waals surface area contributed by atoms with Gasteiger partial charge >= 0.3 is 0 Å². The van der Waals surface area contributed by atoms with E-state index in [4.69, 9.17) is 16.3 Å². The number of nitrogens with one attached hydrogen (secondary N) is 1. The quantitative estimate of drug-likeness (QED) is 0.666. The molecular weight excluding hydrogens is 334 g/mol. The number of pyridine rings is 1. The molecule has 124 valence electrons. The molecule has 0 aliphatic heterocycles. The summed E-state index contributed by atoms with van der Waals surface area (Å²) in [7, 11) is 1.61. The molecule has 1 aromatic heterocycles. The van der Waals surface area contributed by atoms with Gasteiger partial charge in [0.1, 0.15) is 17.5 Å². The Morgan fingerprint density at radius 1 is 1.12 bits per heavy atom. The second kappa shape index (κ2) is 7.11. The Labute approximate surface area is 143 Å². The molecular formula is C18H15ClF2N2O. The van der Waals surface area contributed by atoms with E-state index in [1.165, 1.54) is 12.1 Å².